The van der Waals surface area contributed by atoms with Crippen LogP contribution in [0, 0.1) is 17.6 Å². The normalized spacial score (nSPS) is 21.1. The zero-order chi connectivity index (χ0) is 17.3. The minimum absolute atomic E-state index is 0. The Morgan fingerprint density at radius 3 is 2.32 bits per heavy atom. The monoisotopic (exact) mass is 388 g/mol. The van der Waals surface area contributed by atoms with Crippen LogP contribution in [0.5, 0.6) is 0 Å². The van der Waals surface area contributed by atoms with E-state index in [2.05, 4.69) is 0 Å². The molecule has 0 unspecified atom stereocenters. The van der Waals surface area contributed by atoms with Crippen molar-refractivity contribution in [3.63, 3.8) is 0 Å². The Hall–Kier alpha value is -1.54. The fourth-order valence-electron chi connectivity index (χ4n) is 3.13. The van der Waals surface area contributed by atoms with Crippen molar-refractivity contribution in [3.05, 3.63) is 65.7 Å². The van der Waals surface area contributed by atoms with E-state index in [1.807, 2.05) is 30.3 Å². The molecule has 25 heavy (non-hydrogen) atoms. The van der Waals surface area contributed by atoms with E-state index in [0.717, 1.165) is 23.8 Å². The molecule has 0 saturated carbocycles. The average Bonchev–Trinajstić information content (AvgIpc) is 3.03. The van der Waals surface area contributed by atoms with Gasteiger partial charge in [-0.3, -0.25) is 0 Å². The highest BCUT2D eigenvalue weighted by Crippen LogP contribution is 2.35. The van der Waals surface area contributed by atoms with E-state index >= 15 is 0 Å². The standard InChI is InChI=1S/C17H18F2N2O2S.ClH/c18-16-7-6-14(8-17(16)19)24(22,23)21-10-13(9-20)15(11-21)12-4-2-1-3-5-12;/h1-8,13,15H,9-11,20H2;1H/t13-,15+;/m1./s1. The Balaban J connectivity index is 0.00000225. The van der Waals surface area contributed by atoms with Gasteiger partial charge in [0.1, 0.15) is 0 Å². The van der Waals surface area contributed by atoms with Crippen LogP contribution in [0.4, 0.5) is 8.78 Å². The van der Waals surface area contributed by atoms with Crippen molar-refractivity contribution < 1.29 is 17.2 Å². The number of halogens is 3. The highest BCUT2D eigenvalue weighted by molar-refractivity contribution is 7.89. The molecule has 2 atom stereocenters. The van der Waals surface area contributed by atoms with Crippen LogP contribution in [0.2, 0.25) is 0 Å². The number of nitrogens with two attached hydrogens (primary N) is 1. The molecule has 8 heteroatoms. The van der Waals surface area contributed by atoms with Crippen LogP contribution in [-0.2, 0) is 10.0 Å². The second-order valence-corrected chi connectivity index (χ2v) is 7.85. The number of sulfonamides is 1. The summed E-state index contributed by atoms with van der Waals surface area (Å²) in [6.45, 7) is 0.883. The Kier molecular flexibility index (Phi) is 6.16. The molecule has 2 aromatic rings. The van der Waals surface area contributed by atoms with Crippen LogP contribution >= 0.6 is 12.4 Å². The average molecular weight is 389 g/mol. The van der Waals surface area contributed by atoms with Crippen molar-refractivity contribution in [1.82, 2.24) is 4.31 Å². The van der Waals surface area contributed by atoms with Gasteiger partial charge in [-0.2, -0.15) is 4.31 Å². The Labute approximate surface area is 152 Å². The summed E-state index contributed by atoms with van der Waals surface area (Å²) in [5.41, 5.74) is 6.84. The summed E-state index contributed by atoms with van der Waals surface area (Å²) in [5.74, 6) is -2.29. The fourth-order valence-corrected chi connectivity index (χ4v) is 4.67. The molecular weight excluding hydrogens is 370 g/mol. The maximum Gasteiger partial charge on any atom is 0.243 e. The first kappa shape index (κ1) is 19.8. The van der Waals surface area contributed by atoms with E-state index < -0.39 is 21.7 Å². The zero-order valence-electron chi connectivity index (χ0n) is 13.3. The fraction of sp³-hybridized carbons (Fsp3) is 0.294. The Bertz CT molecular complexity index is 834. The van der Waals surface area contributed by atoms with Gasteiger partial charge in [-0.25, -0.2) is 17.2 Å². The molecule has 4 nitrogen and oxygen atoms in total. The molecule has 0 aliphatic carbocycles. The summed E-state index contributed by atoms with van der Waals surface area (Å²) in [6.07, 6.45) is 0. The number of benzene rings is 2. The second kappa shape index (κ2) is 7.78. The topological polar surface area (TPSA) is 63.4 Å². The third-order valence-electron chi connectivity index (χ3n) is 4.47. The van der Waals surface area contributed by atoms with Crippen LogP contribution in [0.25, 0.3) is 0 Å². The maximum absolute atomic E-state index is 13.4. The maximum atomic E-state index is 13.4. The lowest BCUT2D eigenvalue weighted by molar-refractivity contribution is 0.456. The minimum Gasteiger partial charge on any atom is -0.330 e. The van der Waals surface area contributed by atoms with Gasteiger partial charge >= 0.3 is 0 Å². The molecule has 0 aromatic heterocycles. The van der Waals surface area contributed by atoms with E-state index in [1.165, 1.54) is 4.31 Å². The third-order valence-corrected chi connectivity index (χ3v) is 6.29. The van der Waals surface area contributed by atoms with Gasteiger partial charge in [-0.1, -0.05) is 30.3 Å². The molecule has 2 N–H and O–H groups in total. The van der Waals surface area contributed by atoms with Gasteiger partial charge in [0, 0.05) is 19.0 Å². The van der Waals surface area contributed by atoms with Gasteiger partial charge < -0.3 is 5.73 Å². The molecule has 0 radical (unpaired) electrons. The highest BCUT2D eigenvalue weighted by atomic mass is 35.5. The van der Waals surface area contributed by atoms with E-state index in [9.17, 15) is 17.2 Å². The first-order valence-corrected chi connectivity index (χ1v) is 9.07. The van der Waals surface area contributed by atoms with Gasteiger partial charge in [0.2, 0.25) is 10.0 Å². The van der Waals surface area contributed by atoms with E-state index in [4.69, 9.17) is 5.73 Å². The lowest BCUT2D eigenvalue weighted by atomic mass is 9.89. The smallest absolute Gasteiger partial charge is 0.243 e. The predicted molar refractivity (Wildman–Crippen MR) is 94.1 cm³/mol. The van der Waals surface area contributed by atoms with Crippen LogP contribution in [0.15, 0.2) is 53.4 Å². The van der Waals surface area contributed by atoms with Crippen molar-refractivity contribution in [1.29, 1.82) is 0 Å². The molecule has 1 fully saturated rings. The first-order valence-electron chi connectivity index (χ1n) is 7.63. The number of hydrogen-bond acceptors (Lipinski definition) is 3. The lowest BCUT2D eigenvalue weighted by Gasteiger charge is -2.17. The van der Waals surface area contributed by atoms with Gasteiger partial charge in [-0.15, -0.1) is 12.4 Å². The molecule has 0 bridgehead atoms. The molecule has 1 aliphatic heterocycles. The lowest BCUT2D eigenvalue weighted by Crippen LogP contribution is -2.30. The summed E-state index contributed by atoms with van der Waals surface area (Å²) in [5, 5.41) is 0. The molecule has 1 heterocycles. The molecular formula is C17H19ClF2N2O2S. The van der Waals surface area contributed by atoms with E-state index in [1.54, 1.807) is 0 Å². The Morgan fingerprint density at radius 1 is 1.04 bits per heavy atom. The van der Waals surface area contributed by atoms with Crippen molar-refractivity contribution >= 4 is 22.4 Å². The third kappa shape index (κ3) is 3.84. The van der Waals surface area contributed by atoms with E-state index in [-0.39, 0.29) is 42.2 Å². The Morgan fingerprint density at radius 2 is 1.72 bits per heavy atom. The molecule has 1 aliphatic rings. The van der Waals surface area contributed by atoms with Gasteiger partial charge in [0.15, 0.2) is 11.6 Å². The van der Waals surface area contributed by atoms with Gasteiger partial charge in [-0.05, 0) is 36.2 Å². The molecule has 2 aromatic carbocycles. The first-order chi connectivity index (χ1) is 11.4. The summed E-state index contributed by atoms with van der Waals surface area (Å²) >= 11 is 0. The largest absolute Gasteiger partial charge is 0.330 e. The van der Waals surface area contributed by atoms with Crippen molar-refractivity contribution in [2.75, 3.05) is 19.6 Å². The summed E-state index contributed by atoms with van der Waals surface area (Å²) in [4.78, 5) is -0.245. The summed E-state index contributed by atoms with van der Waals surface area (Å²) in [6, 6.07) is 12.2. The quantitative estimate of drug-likeness (QED) is 0.876. The highest BCUT2D eigenvalue weighted by Gasteiger charge is 2.39. The van der Waals surface area contributed by atoms with Crippen molar-refractivity contribution in [2.45, 2.75) is 10.8 Å². The number of hydrogen-bond donors (Lipinski definition) is 1. The van der Waals surface area contributed by atoms with Crippen LogP contribution < -0.4 is 5.73 Å². The molecule has 0 spiro atoms. The predicted octanol–water partition coefficient (Wildman–Crippen LogP) is 2.75. The minimum atomic E-state index is -3.89. The number of nitrogens with zero attached hydrogens (tertiary/aromatic N) is 1. The number of rotatable bonds is 4. The molecule has 3 rings (SSSR count). The second-order valence-electron chi connectivity index (χ2n) is 5.91. The van der Waals surface area contributed by atoms with E-state index in [0.29, 0.717) is 6.54 Å². The molecule has 136 valence electrons. The van der Waals surface area contributed by atoms with Gasteiger partial charge in [0.05, 0.1) is 4.90 Å². The van der Waals surface area contributed by atoms with Gasteiger partial charge in [0.25, 0.3) is 0 Å². The summed E-state index contributed by atoms with van der Waals surface area (Å²) < 4.78 is 53.2. The zero-order valence-corrected chi connectivity index (χ0v) is 14.9. The van der Waals surface area contributed by atoms with Crippen LogP contribution in [-0.4, -0.2) is 32.4 Å². The molecule has 1 saturated heterocycles. The van der Waals surface area contributed by atoms with Crippen LogP contribution in [0.1, 0.15) is 11.5 Å². The summed E-state index contributed by atoms with van der Waals surface area (Å²) in [7, 11) is -3.89. The SMILES string of the molecule is Cl.NC[C@@H]1CN(S(=O)(=O)c2ccc(F)c(F)c2)C[C@H]1c1ccccc1. The van der Waals surface area contributed by atoms with Crippen LogP contribution in [0.3, 0.4) is 0 Å². The molecule has 0 amide bonds. The van der Waals surface area contributed by atoms with Crippen molar-refractivity contribution in [3.8, 4) is 0 Å². The van der Waals surface area contributed by atoms with Crippen molar-refractivity contribution in [2.24, 2.45) is 11.7 Å².